The molecule has 232 valence electrons. The maximum Gasteiger partial charge on any atom is 0.193 e. The Hall–Kier alpha value is -3.30. The summed E-state index contributed by atoms with van der Waals surface area (Å²) < 4.78 is 13.2. The maximum absolute atomic E-state index is 13.8. The van der Waals surface area contributed by atoms with Crippen molar-refractivity contribution in [2.75, 3.05) is 19.0 Å². The molecule has 0 aromatic heterocycles. The number of ketones is 2. The van der Waals surface area contributed by atoms with Gasteiger partial charge in [-0.2, -0.15) is 0 Å². The zero-order valence-electron chi connectivity index (χ0n) is 25.5. The number of hydrogen-bond acceptors (Lipinski definition) is 8. The second kappa shape index (κ2) is 10.4. The van der Waals surface area contributed by atoms with Gasteiger partial charge >= 0.3 is 0 Å². The molecule has 5 aliphatic rings. The van der Waals surface area contributed by atoms with Crippen LogP contribution in [0, 0.1) is 28.6 Å². The molecule has 0 bridgehead atoms. The first-order chi connectivity index (χ1) is 21.0. The summed E-state index contributed by atoms with van der Waals surface area (Å²) in [6, 6.07) is 13.4. The van der Waals surface area contributed by atoms with Gasteiger partial charge in [-0.05, 0) is 79.0 Å². The lowest BCUT2D eigenvalue weighted by molar-refractivity contribution is -0.201. The number of allylic oxidation sites excluding steroid dienone is 4. The second-order valence-corrected chi connectivity index (χ2v) is 13.9. The van der Waals surface area contributed by atoms with E-state index in [-0.39, 0.29) is 29.3 Å². The summed E-state index contributed by atoms with van der Waals surface area (Å²) in [7, 11) is 1.87. The van der Waals surface area contributed by atoms with Crippen molar-refractivity contribution in [1.82, 2.24) is 0 Å². The minimum Gasteiger partial charge on any atom is -0.508 e. The van der Waals surface area contributed by atoms with E-state index < -0.39 is 47.3 Å². The molecule has 1 heterocycles. The Morgan fingerprint density at radius 3 is 2.73 bits per heavy atom. The Labute approximate surface area is 257 Å². The van der Waals surface area contributed by atoms with Crippen molar-refractivity contribution in [3.05, 3.63) is 83.0 Å². The third-order valence-corrected chi connectivity index (χ3v) is 11.8. The minimum absolute atomic E-state index is 0.0103. The summed E-state index contributed by atoms with van der Waals surface area (Å²) in [4.78, 5) is 25.9. The molecule has 3 saturated carbocycles. The van der Waals surface area contributed by atoms with Crippen molar-refractivity contribution in [2.45, 2.75) is 70.1 Å². The highest BCUT2D eigenvalue weighted by atomic mass is 16.7. The number of hydrogen-bond donors (Lipinski definition) is 4. The monoisotopic (exact) mass is 599 g/mol. The van der Waals surface area contributed by atoms with Crippen LogP contribution in [0.5, 0.6) is 5.75 Å². The lowest BCUT2D eigenvalue weighted by Crippen LogP contribution is -2.63. The normalized spacial score (nSPS) is 38.8. The highest BCUT2D eigenvalue weighted by Gasteiger charge is 2.75. The standard InChI is InChI=1S/C36H41NO7/c1-34-12-11-25(39)16-23(34)9-10-26-27-17-31-36(30(42)19-38,35(27,2)18-29(41)32(26)34)44-33(43-31)22-8-7-21(28(40)15-22)13-20-5-4-6-24(14-20)37-3/h4-8,11-12,14-16,26-27,29,31-33,37-38,40-41H,9-10,13,17-19H2,1-3H3/t26-,27-,29-,31+,32+,33+,34-,35-,36+/m0/s1. The summed E-state index contributed by atoms with van der Waals surface area (Å²) in [6.07, 6.45) is 6.06. The Morgan fingerprint density at radius 1 is 1.16 bits per heavy atom. The molecule has 44 heavy (non-hydrogen) atoms. The number of aliphatic hydroxyl groups excluding tert-OH is 2. The third kappa shape index (κ3) is 4.11. The number of carbonyl (C=O) groups excluding carboxylic acids is 2. The first kappa shape index (κ1) is 29.4. The van der Waals surface area contributed by atoms with Crippen molar-refractivity contribution >= 4 is 17.3 Å². The van der Waals surface area contributed by atoms with E-state index in [4.69, 9.17) is 9.47 Å². The van der Waals surface area contributed by atoms with E-state index in [1.165, 1.54) is 0 Å². The van der Waals surface area contributed by atoms with Crippen molar-refractivity contribution < 1.29 is 34.4 Å². The molecule has 0 unspecified atom stereocenters. The number of benzene rings is 2. The van der Waals surface area contributed by atoms with Gasteiger partial charge in [-0.15, -0.1) is 0 Å². The zero-order chi connectivity index (χ0) is 31.0. The molecule has 4 N–H and O–H groups in total. The third-order valence-electron chi connectivity index (χ3n) is 11.8. The Bertz CT molecular complexity index is 1580. The fourth-order valence-corrected chi connectivity index (χ4v) is 9.77. The maximum atomic E-state index is 13.8. The summed E-state index contributed by atoms with van der Waals surface area (Å²) in [6.45, 7) is 3.44. The van der Waals surface area contributed by atoms with Crippen LogP contribution in [0.3, 0.4) is 0 Å². The van der Waals surface area contributed by atoms with E-state index in [0.717, 1.165) is 35.2 Å². The van der Waals surface area contributed by atoms with Crippen LogP contribution in [0.4, 0.5) is 5.69 Å². The Kier molecular flexibility index (Phi) is 6.94. The van der Waals surface area contributed by atoms with E-state index in [1.54, 1.807) is 18.2 Å². The SMILES string of the molecule is CNc1cccc(Cc2ccc([C@@H]3O[C@@H]4C[C@H]5[C@@H]6CCC7=CC(=O)C=C[C@]7(C)[C@H]6[C@@H](O)C[C@]5(C)[C@]4(C(=O)CO)O3)cc2O)c1. The molecule has 0 amide bonds. The van der Waals surface area contributed by atoms with Crippen LogP contribution in [-0.2, 0) is 25.5 Å². The number of phenolic OH excluding ortho intramolecular Hbond substituents is 1. The van der Waals surface area contributed by atoms with E-state index in [2.05, 4.69) is 12.2 Å². The largest absolute Gasteiger partial charge is 0.508 e. The van der Waals surface area contributed by atoms with Crippen molar-refractivity contribution in [1.29, 1.82) is 0 Å². The van der Waals surface area contributed by atoms with Gasteiger partial charge in [0.25, 0.3) is 0 Å². The van der Waals surface area contributed by atoms with Crippen LogP contribution in [-0.4, -0.2) is 58.3 Å². The quantitative estimate of drug-likeness (QED) is 0.379. The highest BCUT2D eigenvalue weighted by molar-refractivity contribution is 6.01. The van der Waals surface area contributed by atoms with E-state index in [9.17, 15) is 24.9 Å². The number of ether oxygens (including phenoxy) is 2. The van der Waals surface area contributed by atoms with Crippen molar-refractivity contribution in [3.8, 4) is 5.75 Å². The number of aromatic hydroxyl groups is 1. The molecule has 4 aliphatic carbocycles. The fourth-order valence-electron chi connectivity index (χ4n) is 9.77. The van der Waals surface area contributed by atoms with Crippen molar-refractivity contribution in [2.24, 2.45) is 28.6 Å². The molecule has 2 aromatic carbocycles. The number of nitrogens with one attached hydrogen (secondary N) is 1. The van der Waals surface area contributed by atoms with Crippen LogP contribution >= 0.6 is 0 Å². The number of phenols is 1. The number of fused-ring (bicyclic) bond motifs is 7. The van der Waals surface area contributed by atoms with Crippen molar-refractivity contribution in [3.63, 3.8) is 0 Å². The van der Waals surface area contributed by atoms with Gasteiger partial charge in [0.05, 0.1) is 12.2 Å². The van der Waals surface area contributed by atoms with Crippen LogP contribution in [0.2, 0.25) is 0 Å². The number of rotatable bonds is 6. The molecule has 1 aliphatic heterocycles. The zero-order valence-corrected chi connectivity index (χ0v) is 25.5. The molecule has 7 rings (SSSR count). The second-order valence-electron chi connectivity index (χ2n) is 13.9. The van der Waals surface area contributed by atoms with Crippen LogP contribution in [0.1, 0.15) is 62.5 Å². The van der Waals surface area contributed by atoms with Crippen LogP contribution in [0.15, 0.2) is 66.3 Å². The van der Waals surface area contributed by atoms with Gasteiger partial charge in [-0.3, -0.25) is 9.59 Å². The molecule has 4 fully saturated rings. The topological polar surface area (TPSA) is 125 Å². The summed E-state index contributed by atoms with van der Waals surface area (Å²) in [5, 5.41) is 36.2. The lowest BCUT2D eigenvalue weighted by Gasteiger charge is -2.59. The van der Waals surface area contributed by atoms with E-state index >= 15 is 0 Å². The smallest absolute Gasteiger partial charge is 0.193 e. The first-order valence-electron chi connectivity index (χ1n) is 15.7. The average Bonchev–Trinajstić information content (AvgIpc) is 3.51. The molecular weight excluding hydrogens is 558 g/mol. The Morgan fingerprint density at radius 2 is 1.98 bits per heavy atom. The van der Waals surface area contributed by atoms with Gasteiger partial charge in [0, 0.05) is 41.5 Å². The predicted octanol–water partition coefficient (Wildman–Crippen LogP) is 4.63. The average molecular weight is 600 g/mol. The van der Waals surface area contributed by atoms with Crippen LogP contribution in [0.25, 0.3) is 0 Å². The van der Waals surface area contributed by atoms with E-state index in [0.29, 0.717) is 24.8 Å². The molecule has 9 atom stereocenters. The summed E-state index contributed by atoms with van der Waals surface area (Å²) in [5.41, 5.74) is 1.83. The van der Waals surface area contributed by atoms with Crippen LogP contribution < -0.4 is 5.32 Å². The molecule has 0 spiro atoms. The van der Waals surface area contributed by atoms with Gasteiger partial charge in [-0.25, -0.2) is 0 Å². The number of anilines is 1. The molecule has 8 nitrogen and oxygen atoms in total. The number of Topliss-reactive ketones (excluding diaryl/α,β-unsaturated/α-hetero) is 1. The van der Waals surface area contributed by atoms with Gasteiger partial charge in [0.15, 0.2) is 23.5 Å². The molecule has 0 radical (unpaired) electrons. The van der Waals surface area contributed by atoms with Gasteiger partial charge < -0.3 is 30.1 Å². The van der Waals surface area contributed by atoms with Gasteiger partial charge in [-0.1, -0.05) is 49.8 Å². The summed E-state index contributed by atoms with van der Waals surface area (Å²) >= 11 is 0. The fraction of sp³-hybridized carbons (Fsp3) is 0.500. The Balaban J connectivity index is 1.18. The first-order valence-corrected chi connectivity index (χ1v) is 15.7. The lowest BCUT2D eigenvalue weighted by atomic mass is 9.46. The molecule has 1 saturated heterocycles. The molecule has 2 aromatic rings. The number of carbonyl (C=O) groups is 2. The van der Waals surface area contributed by atoms with Gasteiger partial charge in [0.1, 0.15) is 12.4 Å². The number of aliphatic hydroxyl groups is 2. The minimum atomic E-state index is -1.43. The van der Waals surface area contributed by atoms with E-state index in [1.807, 2.05) is 56.4 Å². The van der Waals surface area contributed by atoms with Gasteiger partial charge in [0.2, 0.25) is 0 Å². The summed E-state index contributed by atoms with van der Waals surface area (Å²) in [5.74, 6) is -0.318. The molecule has 8 heteroatoms. The highest BCUT2D eigenvalue weighted by Crippen LogP contribution is 2.70. The predicted molar refractivity (Wildman–Crippen MR) is 164 cm³/mol. The molecular formula is C36H41NO7.